The van der Waals surface area contributed by atoms with Crippen molar-refractivity contribution in [2.75, 3.05) is 6.61 Å². The fourth-order valence-electron chi connectivity index (χ4n) is 4.04. The molecule has 3 unspecified atom stereocenters. The van der Waals surface area contributed by atoms with E-state index in [0.29, 0.717) is 23.6 Å². The molecule has 0 aliphatic heterocycles. The van der Waals surface area contributed by atoms with Crippen molar-refractivity contribution < 1.29 is 4.74 Å². The second kappa shape index (κ2) is 5.87. The summed E-state index contributed by atoms with van der Waals surface area (Å²) < 4.78 is 5.93. The lowest BCUT2D eigenvalue weighted by atomic mass is 9.51. The number of ether oxygens (including phenoxy) is 1. The molecule has 0 bridgehead atoms. The Balaban J connectivity index is 1.53. The summed E-state index contributed by atoms with van der Waals surface area (Å²) in [5.74, 6) is 0. The molecule has 3 atom stereocenters. The Morgan fingerprint density at radius 3 is 2.65 bits per heavy atom. The SMILES string of the molecule is CCOC1CC(NC(C)Cc2ccccc2)C12CCC2. The van der Waals surface area contributed by atoms with Crippen molar-refractivity contribution in [2.45, 2.75) is 64.1 Å². The maximum atomic E-state index is 5.93. The van der Waals surface area contributed by atoms with Crippen LogP contribution in [0.25, 0.3) is 0 Å². The van der Waals surface area contributed by atoms with Gasteiger partial charge in [0.15, 0.2) is 0 Å². The zero-order chi connectivity index (χ0) is 14.0. The van der Waals surface area contributed by atoms with Gasteiger partial charge in [-0.2, -0.15) is 0 Å². The third kappa shape index (κ3) is 2.51. The molecular weight excluding hydrogens is 246 g/mol. The Bertz CT molecular complexity index is 426. The molecule has 2 aliphatic carbocycles. The van der Waals surface area contributed by atoms with Crippen LogP contribution in [0, 0.1) is 5.41 Å². The third-order valence-electron chi connectivity index (χ3n) is 5.31. The summed E-state index contributed by atoms with van der Waals surface area (Å²) in [5, 5.41) is 3.87. The molecule has 0 saturated heterocycles. The second-order valence-electron chi connectivity index (χ2n) is 6.58. The van der Waals surface area contributed by atoms with Crippen molar-refractivity contribution in [3.05, 3.63) is 35.9 Å². The number of hydrogen-bond acceptors (Lipinski definition) is 2. The molecule has 2 fully saturated rings. The molecule has 1 aromatic rings. The Morgan fingerprint density at radius 2 is 2.05 bits per heavy atom. The minimum Gasteiger partial charge on any atom is -0.378 e. The lowest BCUT2D eigenvalue weighted by Gasteiger charge is -2.61. The van der Waals surface area contributed by atoms with Crippen LogP contribution in [0.2, 0.25) is 0 Å². The van der Waals surface area contributed by atoms with Gasteiger partial charge in [-0.25, -0.2) is 0 Å². The number of benzene rings is 1. The van der Waals surface area contributed by atoms with E-state index in [4.69, 9.17) is 4.74 Å². The average Bonchev–Trinajstić information content (AvgIpc) is 2.36. The maximum Gasteiger partial charge on any atom is 0.0661 e. The van der Waals surface area contributed by atoms with E-state index in [1.165, 1.54) is 31.2 Å². The van der Waals surface area contributed by atoms with E-state index in [-0.39, 0.29) is 0 Å². The van der Waals surface area contributed by atoms with Gasteiger partial charge in [0.25, 0.3) is 0 Å². The van der Waals surface area contributed by atoms with Crippen LogP contribution in [0.3, 0.4) is 0 Å². The molecule has 2 saturated carbocycles. The normalized spacial score (nSPS) is 28.7. The topological polar surface area (TPSA) is 21.3 Å². The van der Waals surface area contributed by atoms with Crippen molar-refractivity contribution in [2.24, 2.45) is 5.41 Å². The highest BCUT2D eigenvalue weighted by Gasteiger charge is 2.58. The van der Waals surface area contributed by atoms with Gasteiger partial charge in [0, 0.05) is 24.1 Å². The van der Waals surface area contributed by atoms with Crippen molar-refractivity contribution in [3.63, 3.8) is 0 Å². The van der Waals surface area contributed by atoms with E-state index in [2.05, 4.69) is 49.5 Å². The van der Waals surface area contributed by atoms with E-state index < -0.39 is 0 Å². The monoisotopic (exact) mass is 273 g/mol. The Kier molecular flexibility index (Phi) is 4.13. The molecule has 0 heterocycles. The van der Waals surface area contributed by atoms with Gasteiger partial charge in [-0.3, -0.25) is 0 Å². The minimum atomic E-state index is 0.473. The first kappa shape index (κ1) is 14.1. The van der Waals surface area contributed by atoms with E-state index >= 15 is 0 Å². The van der Waals surface area contributed by atoms with Crippen LogP contribution in [-0.4, -0.2) is 24.8 Å². The summed E-state index contributed by atoms with van der Waals surface area (Å²) in [6.07, 6.45) is 6.93. The molecule has 20 heavy (non-hydrogen) atoms. The predicted molar refractivity (Wildman–Crippen MR) is 82.8 cm³/mol. The highest BCUT2D eigenvalue weighted by Crippen LogP contribution is 2.57. The summed E-state index contributed by atoms with van der Waals surface area (Å²) >= 11 is 0. The predicted octanol–water partition coefficient (Wildman–Crippen LogP) is 3.55. The van der Waals surface area contributed by atoms with Crippen LogP contribution in [-0.2, 0) is 11.2 Å². The Labute approximate surface area is 122 Å². The molecule has 110 valence electrons. The van der Waals surface area contributed by atoms with Gasteiger partial charge >= 0.3 is 0 Å². The fraction of sp³-hybridized carbons (Fsp3) is 0.667. The van der Waals surface area contributed by atoms with E-state index in [9.17, 15) is 0 Å². The first-order chi connectivity index (χ1) is 9.74. The van der Waals surface area contributed by atoms with Crippen LogP contribution in [0.5, 0.6) is 0 Å². The lowest BCUT2D eigenvalue weighted by Crippen LogP contribution is -2.68. The summed E-state index contributed by atoms with van der Waals surface area (Å²) in [7, 11) is 0. The van der Waals surface area contributed by atoms with E-state index in [1.807, 2.05) is 0 Å². The molecule has 1 aromatic carbocycles. The summed E-state index contributed by atoms with van der Waals surface area (Å²) in [5.41, 5.74) is 1.90. The molecule has 2 nitrogen and oxygen atoms in total. The summed E-state index contributed by atoms with van der Waals surface area (Å²) in [4.78, 5) is 0. The molecule has 0 aromatic heterocycles. The standard InChI is InChI=1S/C18H27NO/c1-3-20-17-13-16(18(17)10-7-11-18)19-14(2)12-15-8-5-4-6-9-15/h4-6,8-9,14,16-17,19H,3,7,10-13H2,1-2H3. The number of rotatable bonds is 6. The average molecular weight is 273 g/mol. The molecule has 3 rings (SSSR count). The highest BCUT2D eigenvalue weighted by molar-refractivity contribution is 5.17. The van der Waals surface area contributed by atoms with Gasteiger partial charge < -0.3 is 10.1 Å². The van der Waals surface area contributed by atoms with Crippen molar-refractivity contribution >= 4 is 0 Å². The van der Waals surface area contributed by atoms with Gasteiger partial charge in [0.2, 0.25) is 0 Å². The van der Waals surface area contributed by atoms with Gasteiger partial charge in [-0.05, 0) is 45.1 Å². The van der Waals surface area contributed by atoms with Gasteiger partial charge in [0.05, 0.1) is 6.10 Å². The quantitative estimate of drug-likeness (QED) is 0.856. The lowest BCUT2D eigenvalue weighted by molar-refractivity contribution is -0.174. The van der Waals surface area contributed by atoms with Crippen molar-refractivity contribution in [3.8, 4) is 0 Å². The molecule has 0 amide bonds. The number of nitrogens with one attached hydrogen (secondary N) is 1. The first-order valence-electron chi connectivity index (χ1n) is 8.16. The van der Waals surface area contributed by atoms with E-state index in [1.54, 1.807) is 0 Å². The molecule has 0 radical (unpaired) electrons. The van der Waals surface area contributed by atoms with Gasteiger partial charge in [0.1, 0.15) is 0 Å². The highest BCUT2D eigenvalue weighted by atomic mass is 16.5. The zero-order valence-corrected chi connectivity index (χ0v) is 12.8. The van der Waals surface area contributed by atoms with Crippen molar-refractivity contribution in [1.82, 2.24) is 5.32 Å². The molecular formula is C18H27NO. The van der Waals surface area contributed by atoms with Crippen LogP contribution < -0.4 is 5.32 Å². The second-order valence-corrected chi connectivity index (χ2v) is 6.58. The van der Waals surface area contributed by atoms with Crippen LogP contribution >= 0.6 is 0 Å². The third-order valence-corrected chi connectivity index (χ3v) is 5.31. The molecule has 2 aliphatic rings. The molecule has 1 spiro atoms. The van der Waals surface area contributed by atoms with E-state index in [0.717, 1.165) is 13.0 Å². The van der Waals surface area contributed by atoms with Crippen molar-refractivity contribution in [1.29, 1.82) is 0 Å². The van der Waals surface area contributed by atoms with Gasteiger partial charge in [-0.15, -0.1) is 0 Å². The Hall–Kier alpha value is -0.860. The summed E-state index contributed by atoms with van der Waals surface area (Å²) in [6, 6.07) is 12.0. The van der Waals surface area contributed by atoms with Crippen LogP contribution in [0.1, 0.15) is 45.1 Å². The number of hydrogen-bond donors (Lipinski definition) is 1. The van der Waals surface area contributed by atoms with Crippen LogP contribution in [0.15, 0.2) is 30.3 Å². The zero-order valence-electron chi connectivity index (χ0n) is 12.8. The minimum absolute atomic E-state index is 0.473. The summed E-state index contributed by atoms with van der Waals surface area (Å²) in [6.45, 7) is 5.29. The Morgan fingerprint density at radius 1 is 1.30 bits per heavy atom. The molecule has 2 heteroatoms. The largest absolute Gasteiger partial charge is 0.378 e. The fourth-order valence-corrected chi connectivity index (χ4v) is 4.04. The maximum absolute atomic E-state index is 5.93. The first-order valence-corrected chi connectivity index (χ1v) is 8.16. The molecule has 1 N–H and O–H groups in total. The smallest absolute Gasteiger partial charge is 0.0661 e. The van der Waals surface area contributed by atoms with Gasteiger partial charge in [-0.1, -0.05) is 36.8 Å². The van der Waals surface area contributed by atoms with Crippen LogP contribution in [0.4, 0.5) is 0 Å².